The molecule has 1 unspecified atom stereocenters. The summed E-state index contributed by atoms with van der Waals surface area (Å²) in [5.41, 5.74) is 6.49. The monoisotopic (exact) mass is 337 g/mol. The number of nitrogens with two attached hydrogens (primary N) is 1. The van der Waals surface area contributed by atoms with Crippen LogP contribution in [0.4, 0.5) is 0 Å². The van der Waals surface area contributed by atoms with Gasteiger partial charge in [-0.3, -0.25) is 9.59 Å². The maximum Gasteiger partial charge on any atom is 0.254 e. The van der Waals surface area contributed by atoms with Crippen molar-refractivity contribution in [3.05, 3.63) is 33.6 Å². The minimum Gasteiger partial charge on any atom is -0.454 e. The highest BCUT2D eigenvalue weighted by Gasteiger charge is 2.32. The maximum absolute atomic E-state index is 12.3. The minimum atomic E-state index is -0.641. The van der Waals surface area contributed by atoms with Crippen molar-refractivity contribution < 1.29 is 19.1 Å². The molecule has 0 aromatic heterocycles. The van der Waals surface area contributed by atoms with E-state index in [1.165, 1.54) is 23.5 Å². The largest absolute Gasteiger partial charge is 0.454 e. The van der Waals surface area contributed by atoms with Gasteiger partial charge in [-0.1, -0.05) is 13.0 Å². The van der Waals surface area contributed by atoms with Crippen LogP contribution in [-0.2, 0) is 9.59 Å². The normalized spacial score (nSPS) is 20.4. The summed E-state index contributed by atoms with van der Waals surface area (Å²) in [6, 6.07) is 5.68. The van der Waals surface area contributed by atoms with Gasteiger partial charge in [0.1, 0.15) is 5.57 Å². The van der Waals surface area contributed by atoms with Crippen LogP contribution >= 0.6 is 23.5 Å². The molecular formula is C15H15NO4S2. The number of rotatable bonds is 4. The number of primary amides is 1. The molecule has 2 heterocycles. The first-order valence-electron chi connectivity index (χ1n) is 6.86. The van der Waals surface area contributed by atoms with Crippen LogP contribution < -0.4 is 15.2 Å². The fraction of sp³-hybridized carbons (Fsp3) is 0.333. The molecule has 1 amide bonds. The Kier molecular flexibility index (Phi) is 4.35. The van der Waals surface area contributed by atoms with E-state index in [-0.39, 0.29) is 29.8 Å². The second-order valence-corrected chi connectivity index (χ2v) is 7.55. The number of hydrogen-bond donors (Lipinski definition) is 1. The fourth-order valence-corrected chi connectivity index (χ4v) is 5.09. The Morgan fingerprint density at radius 1 is 1.41 bits per heavy atom. The van der Waals surface area contributed by atoms with E-state index in [2.05, 4.69) is 0 Å². The van der Waals surface area contributed by atoms with Crippen molar-refractivity contribution in [2.45, 2.75) is 18.6 Å². The summed E-state index contributed by atoms with van der Waals surface area (Å²) < 4.78 is 11.4. The highest BCUT2D eigenvalue weighted by atomic mass is 32.2. The van der Waals surface area contributed by atoms with Crippen molar-refractivity contribution in [2.75, 3.05) is 12.5 Å². The molecule has 0 saturated carbocycles. The van der Waals surface area contributed by atoms with Gasteiger partial charge in [0, 0.05) is 11.7 Å². The highest BCUT2D eigenvalue weighted by Crippen LogP contribution is 2.49. The van der Waals surface area contributed by atoms with E-state index in [1.807, 2.05) is 25.1 Å². The predicted molar refractivity (Wildman–Crippen MR) is 86.9 cm³/mol. The third kappa shape index (κ3) is 2.83. The highest BCUT2D eigenvalue weighted by molar-refractivity contribution is 8.22. The zero-order valence-electron chi connectivity index (χ0n) is 12.0. The number of carbonyl (C=O) groups excluding carboxylic acids is 2. The lowest BCUT2D eigenvalue weighted by atomic mass is 10.0. The number of hydrogen-bond acceptors (Lipinski definition) is 6. The number of carbonyl (C=O) groups is 2. The molecule has 5 nitrogen and oxygen atoms in total. The zero-order chi connectivity index (χ0) is 15.7. The van der Waals surface area contributed by atoms with Crippen LogP contribution in [0.2, 0.25) is 0 Å². The van der Waals surface area contributed by atoms with E-state index in [0.29, 0.717) is 15.7 Å². The zero-order valence-corrected chi connectivity index (χ0v) is 13.6. The first kappa shape index (κ1) is 15.3. The molecule has 2 aliphatic heterocycles. The summed E-state index contributed by atoms with van der Waals surface area (Å²) in [7, 11) is 0. The Balaban J connectivity index is 1.91. The number of benzene rings is 1. The molecule has 1 atom stereocenters. The smallest absolute Gasteiger partial charge is 0.254 e. The standard InChI is InChI=1S/C15H15NO4S2/c1-2-21-15-13(14(16)18)9(17)6-12(22-15)8-3-4-10-11(5-8)20-7-19-10/h3-5,12H,2,6-7H2,1H3,(H2,16,18). The van der Waals surface area contributed by atoms with Crippen LogP contribution in [-0.4, -0.2) is 24.2 Å². The quantitative estimate of drug-likeness (QED) is 0.851. The molecule has 2 aliphatic rings. The first-order valence-corrected chi connectivity index (χ1v) is 8.73. The van der Waals surface area contributed by atoms with Crippen LogP contribution in [0.5, 0.6) is 11.5 Å². The van der Waals surface area contributed by atoms with Gasteiger partial charge >= 0.3 is 0 Å². The summed E-state index contributed by atoms with van der Waals surface area (Å²) in [4.78, 5) is 23.8. The van der Waals surface area contributed by atoms with Gasteiger partial charge in [-0.25, -0.2) is 0 Å². The summed E-state index contributed by atoms with van der Waals surface area (Å²) in [5.74, 6) is 1.36. The van der Waals surface area contributed by atoms with Gasteiger partial charge in [0.15, 0.2) is 17.3 Å². The lowest BCUT2D eigenvalue weighted by molar-refractivity contribution is -0.121. The van der Waals surface area contributed by atoms with E-state index >= 15 is 0 Å². The molecule has 0 fully saturated rings. The molecule has 0 saturated heterocycles. The van der Waals surface area contributed by atoms with Crippen molar-refractivity contribution in [1.29, 1.82) is 0 Å². The topological polar surface area (TPSA) is 78.6 Å². The number of thioether (sulfide) groups is 2. The Morgan fingerprint density at radius 2 is 2.18 bits per heavy atom. The Labute approximate surface area is 136 Å². The molecule has 0 radical (unpaired) electrons. The molecule has 3 rings (SSSR count). The maximum atomic E-state index is 12.3. The van der Waals surface area contributed by atoms with Gasteiger partial charge in [-0.05, 0) is 23.4 Å². The molecular weight excluding hydrogens is 322 g/mol. The predicted octanol–water partition coefficient (Wildman–Crippen LogP) is 2.61. The fourth-order valence-electron chi connectivity index (χ4n) is 2.39. The summed E-state index contributed by atoms with van der Waals surface area (Å²) >= 11 is 3.00. The van der Waals surface area contributed by atoms with Crippen molar-refractivity contribution >= 4 is 35.2 Å². The third-order valence-electron chi connectivity index (χ3n) is 3.39. The number of ketones is 1. The van der Waals surface area contributed by atoms with Gasteiger partial charge < -0.3 is 15.2 Å². The van der Waals surface area contributed by atoms with E-state index < -0.39 is 5.91 Å². The first-order chi connectivity index (χ1) is 10.6. The van der Waals surface area contributed by atoms with Crippen molar-refractivity contribution in [3.8, 4) is 11.5 Å². The molecule has 2 N–H and O–H groups in total. The Bertz CT molecular complexity index is 672. The second kappa shape index (κ2) is 6.26. The Morgan fingerprint density at radius 3 is 2.91 bits per heavy atom. The van der Waals surface area contributed by atoms with E-state index in [1.54, 1.807) is 0 Å². The molecule has 22 heavy (non-hydrogen) atoms. The van der Waals surface area contributed by atoms with Gasteiger partial charge in [0.05, 0.1) is 4.24 Å². The van der Waals surface area contributed by atoms with Crippen LogP contribution in [0.1, 0.15) is 24.2 Å². The van der Waals surface area contributed by atoms with Gasteiger partial charge in [0.2, 0.25) is 6.79 Å². The van der Waals surface area contributed by atoms with Crippen LogP contribution in [0.3, 0.4) is 0 Å². The van der Waals surface area contributed by atoms with E-state index in [4.69, 9.17) is 15.2 Å². The molecule has 116 valence electrons. The minimum absolute atomic E-state index is 0.0425. The average Bonchev–Trinajstić information content (AvgIpc) is 2.93. The average molecular weight is 337 g/mol. The Hall–Kier alpha value is -1.60. The summed E-state index contributed by atoms with van der Waals surface area (Å²) in [6.45, 7) is 2.20. The summed E-state index contributed by atoms with van der Waals surface area (Å²) in [6.07, 6.45) is 0.260. The number of Topliss-reactive ketones (excluding diaryl/α,β-unsaturated/α-hetero) is 1. The van der Waals surface area contributed by atoms with Crippen molar-refractivity contribution in [3.63, 3.8) is 0 Å². The van der Waals surface area contributed by atoms with Crippen LogP contribution in [0.15, 0.2) is 28.0 Å². The molecule has 0 aliphatic carbocycles. The van der Waals surface area contributed by atoms with Crippen molar-refractivity contribution in [1.82, 2.24) is 0 Å². The van der Waals surface area contributed by atoms with Gasteiger partial charge in [-0.15, -0.1) is 23.5 Å². The van der Waals surface area contributed by atoms with Gasteiger partial charge in [0.25, 0.3) is 5.91 Å². The van der Waals surface area contributed by atoms with E-state index in [9.17, 15) is 9.59 Å². The van der Waals surface area contributed by atoms with Crippen molar-refractivity contribution in [2.24, 2.45) is 5.73 Å². The molecule has 0 spiro atoms. The lowest BCUT2D eigenvalue weighted by Gasteiger charge is -2.24. The SMILES string of the molecule is CCSC1=C(C(N)=O)C(=O)CC(c2ccc3c(c2)OCO3)S1. The number of fused-ring (bicyclic) bond motifs is 1. The number of ether oxygens (including phenoxy) is 2. The number of amides is 1. The molecule has 7 heteroatoms. The van der Waals surface area contributed by atoms with Crippen LogP contribution in [0.25, 0.3) is 0 Å². The third-order valence-corrected chi connectivity index (χ3v) is 5.93. The molecule has 1 aromatic rings. The second-order valence-electron chi connectivity index (χ2n) is 4.81. The van der Waals surface area contributed by atoms with Crippen LogP contribution in [0, 0.1) is 0 Å². The lowest BCUT2D eigenvalue weighted by Crippen LogP contribution is -2.25. The molecule has 0 bridgehead atoms. The van der Waals surface area contributed by atoms with E-state index in [0.717, 1.165) is 11.3 Å². The van der Waals surface area contributed by atoms with Gasteiger partial charge in [-0.2, -0.15) is 0 Å². The summed E-state index contributed by atoms with van der Waals surface area (Å²) in [5, 5.41) is -0.0425. The molecule has 1 aromatic carbocycles.